The Balaban J connectivity index is 1.82. The molecule has 1 aromatic heterocycles. The number of para-hydroxylation sites is 2. The summed E-state index contributed by atoms with van der Waals surface area (Å²) in [5.41, 5.74) is 2.83. The molecule has 0 saturated carbocycles. The second-order valence-corrected chi connectivity index (χ2v) is 4.67. The average Bonchev–Trinajstić information content (AvgIpc) is 2.91. The Labute approximate surface area is 117 Å². The molecule has 1 heterocycles. The summed E-state index contributed by atoms with van der Waals surface area (Å²) in [5.74, 6) is 0.786. The number of fused-ring (bicyclic) bond motifs is 1. The summed E-state index contributed by atoms with van der Waals surface area (Å²) in [6, 6.07) is 15.4. The highest BCUT2D eigenvalue weighted by atomic mass is 16.5. The molecule has 0 fully saturated rings. The standard InChI is InChI=1S/C16H16N2O2/c1-20-13-8-6-12(7-9-13)16(19)10-18-11-17-14-4-2-3-5-15(14)18/h2-9,11,16,19H,10H2,1H3/t16-/m0/s1. The third-order valence-electron chi connectivity index (χ3n) is 3.40. The number of rotatable bonds is 4. The number of benzene rings is 2. The topological polar surface area (TPSA) is 47.3 Å². The van der Waals surface area contributed by atoms with Crippen molar-refractivity contribution in [3.63, 3.8) is 0 Å². The number of aromatic nitrogens is 2. The van der Waals surface area contributed by atoms with E-state index in [1.165, 1.54) is 0 Å². The predicted molar refractivity (Wildman–Crippen MR) is 77.7 cm³/mol. The molecule has 20 heavy (non-hydrogen) atoms. The van der Waals surface area contributed by atoms with Crippen molar-refractivity contribution in [2.45, 2.75) is 12.6 Å². The van der Waals surface area contributed by atoms with Crippen LogP contribution in [0.1, 0.15) is 11.7 Å². The number of aliphatic hydroxyl groups is 1. The molecular weight excluding hydrogens is 252 g/mol. The third kappa shape index (κ3) is 2.38. The lowest BCUT2D eigenvalue weighted by atomic mass is 10.1. The highest BCUT2D eigenvalue weighted by Gasteiger charge is 2.10. The zero-order valence-electron chi connectivity index (χ0n) is 11.2. The van der Waals surface area contributed by atoms with Gasteiger partial charge in [-0.05, 0) is 29.8 Å². The Hall–Kier alpha value is -2.33. The van der Waals surface area contributed by atoms with Gasteiger partial charge in [0.05, 0.1) is 37.1 Å². The van der Waals surface area contributed by atoms with Gasteiger partial charge in [0.15, 0.2) is 0 Å². The Morgan fingerprint density at radius 3 is 2.65 bits per heavy atom. The van der Waals surface area contributed by atoms with Crippen LogP contribution < -0.4 is 4.74 Å². The lowest BCUT2D eigenvalue weighted by Crippen LogP contribution is -2.07. The molecule has 0 aliphatic rings. The van der Waals surface area contributed by atoms with Gasteiger partial charge in [-0.3, -0.25) is 0 Å². The molecule has 1 N–H and O–H groups in total. The molecule has 0 saturated heterocycles. The zero-order valence-corrected chi connectivity index (χ0v) is 11.2. The Morgan fingerprint density at radius 1 is 1.15 bits per heavy atom. The van der Waals surface area contributed by atoms with Crippen LogP contribution in [-0.2, 0) is 6.54 Å². The van der Waals surface area contributed by atoms with Crippen LogP contribution in [0.2, 0.25) is 0 Å². The van der Waals surface area contributed by atoms with Crippen molar-refractivity contribution in [3.05, 3.63) is 60.4 Å². The summed E-state index contributed by atoms with van der Waals surface area (Å²) >= 11 is 0. The molecule has 0 aliphatic carbocycles. The summed E-state index contributed by atoms with van der Waals surface area (Å²) in [6.07, 6.45) is 1.19. The molecule has 0 bridgehead atoms. The highest BCUT2D eigenvalue weighted by molar-refractivity contribution is 5.74. The van der Waals surface area contributed by atoms with Crippen molar-refractivity contribution in [1.29, 1.82) is 0 Å². The maximum Gasteiger partial charge on any atom is 0.118 e. The molecule has 3 rings (SSSR count). The number of hydrogen-bond acceptors (Lipinski definition) is 3. The largest absolute Gasteiger partial charge is 0.497 e. The minimum Gasteiger partial charge on any atom is -0.497 e. The van der Waals surface area contributed by atoms with Gasteiger partial charge in [0.25, 0.3) is 0 Å². The van der Waals surface area contributed by atoms with E-state index in [2.05, 4.69) is 4.98 Å². The first-order chi connectivity index (χ1) is 9.78. The van der Waals surface area contributed by atoms with Gasteiger partial charge in [-0.15, -0.1) is 0 Å². The summed E-state index contributed by atoms with van der Waals surface area (Å²) in [7, 11) is 1.63. The number of hydrogen-bond donors (Lipinski definition) is 1. The summed E-state index contributed by atoms with van der Waals surface area (Å²) in [4.78, 5) is 4.32. The van der Waals surface area contributed by atoms with E-state index >= 15 is 0 Å². The van der Waals surface area contributed by atoms with Crippen LogP contribution in [0.4, 0.5) is 0 Å². The molecule has 0 spiro atoms. The first-order valence-corrected chi connectivity index (χ1v) is 6.50. The highest BCUT2D eigenvalue weighted by Crippen LogP contribution is 2.21. The van der Waals surface area contributed by atoms with Crippen molar-refractivity contribution < 1.29 is 9.84 Å². The summed E-state index contributed by atoms with van der Waals surface area (Å²) in [5, 5.41) is 10.3. The fourth-order valence-electron chi connectivity index (χ4n) is 2.27. The normalized spacial score (nSPS) is 12.5. The van der Waals surface area contributed by atoms with Gasteiger partial charge in [0.2, 0.25) is 0 Å². The zero-order chi connectivity index (χ0) is 13.9. The second-order valence-electron chi connectivity index (χ2n) is 4.67. The first-order valence-electron chi connectivity index (χ1n) is 6.50. The maximum absolute atomic E-state index is 10.3. The van der Waals surface area contributed by atoms with Crippen LogP contribution in [0.5, 0.6) is 5.75 Å². The lowest BCUT2D eigenvalue weighted by molar-refractivity contribution is 0.158. The molecule has 1 atom stereocenters. The van der Waals surface area contributed by atoms with E-state index in [1.807, 2.05) is 53.1 Å². The Kier molecular flexibility index (Phi) is 3.39. The second kappa shape index (κ2) is 5.35. The van der Waals surface area contributed by atoms with Gasteiger partial charge in [0, 0.05) is 0 Å². The summed E-state index contributed by atoms with van der Waals surface area (Å²) in [6.45, 7) is 0.479. The minimum absolute atomic E-state index is 0.479. The molecule has 102 valence electrons. The van der Waals surface area contributed by atoms with Crippen LogP contribution in [0.25, 0.3) is 11.0 Å². The summed E-state index contributed by atoms with van der Waals surface area (Å²) < 4.78 is 7.08. The number of ether oxygens (including phenoxy) is 1. The smallest absolute Gasteiger partial charge is 0.118 e. The SMILES string of the molecule is COc1ccc([C@@H](O)Cn2cnc3ccccc32)cc1. The molecular formula is C16H16N2O2. The Bertz CT molecular complexity index is 704. The number of aliphatic hydroxyl groups excluding tert-OH is 1. The number of nitrogens with zero attached hydrogens (tertiary/aromatic N) is 2. The van der Waals surface area contributed by atoms with Crippen molar-refractivity contribution in [3.8, 4) is 5.75 Å². The van der Waals surface area contributed by atoms with E-state index in [0.717, 1.165) is 22.3 Å². The fraction of sp³-hybridized carbons (Fsp3) is 0.188. The molecule has 4 nitrogen and oxygen atoms in total. The molecule has 0 radical (unpaired) electrons. The van der Waals surface area contributed by atoms with Crippen LogP contribution in [0.3, 0.4) is 0 Å². The molecule has 0 unspecified atom stereocenters. The lowest BCUT2D eigenvalue weighted by Gasteiger charge is -2.13. The Morgan fingerprint density at radius 2 is 1.90 bits per heavy atom. The van der Waals surface area contributed by atoms with Gasteiger partial charge >= 0.3 is 0 Å². The van der Waals surface area contributed by atoms with Crippen molar-refractivity contribution in [2.75, 3.05) is 7.11 Å². The molecule has 0 aliphatic heterocycles. The van der Waals surface area contributed by atoms with E-state index in [1.54, 1.807) is 13.4 Å². The first kappa shape index (κ1) is 12.7. The number of methoxy groups -OCH3 is 1. The third-order valence-corrected chi connectivity index (χ3v) is 3.40. The number of imidazole rings is 1. The van der Waals surface area contributed by atoms with Crippen LogP contribution in [0, 0.1) is 0 Å². The molecule has 2 aromatic carbocycles. The van der Waals surface area contributed by atoms with Gasteiger partial charge in [-0.25, -0.2) is 4.98 Å². The van der Waals surface area contributed by atoms with E-state index in [9.17, 15) is 5.11 Å². The monoisotopic (exact) mass is 268 g/mol. The van der Waals surface area contributed by atoms with Gasteiger partial charge in [0.1, 0.15) is 5.75 Å². The van der Waals surface area contributed by atoms with Gasteiger partial charge in [-0.2, -0.15) is 0 Å². The van der Waals surface area contributed by atoms with E-state index in [4.69, 9.17) is 4.74 Å². The van der Waals surface area contributed by atoms with Crippen LogP contribution in [-0.4, -0.2) is 21.8 Å². The fourth-order valence-corrected chi connectivity index (χ4v) is 2.27. The minimum atomic E-state index is -0.571. The predicted octanol–water partition coefficient (Wildman–Crippen LogP) is 2.78. The van der Waals surface area contributed by atoms with E-state index < -0.39 is 6.10 Å². The van der Waals surface area contributed by atoms with Crippen molar-refractivity contribution >= 4 is 11.0 Å². The molecule has 4 heteroatoms. The van der Waals surface area contributed by atoms with E-state index in [0.29, 0.717) is 6.54 Å². The van der Waals surface area contributed by atoms with Gasteiger partial charge < -0.3 is 14.4 Å². The van der Waals surface area contributed by atoms with Crippen LogP contribution in [0.15, 0.2) is 54.9 Å². The molecule has 0 amide bonds. The molecule has 3 aromatic rings. The quantitative estimate of drug-likeness (QED) is 0.791. The van der Waals surface area contributed by atoms with E-state index in [-0.39, 0.29) is 0 Å². The maximum atomic E-state index is 10.3. The van der Waals surface area contributed by atoms with Gasteiger partial charge in [-0.1, -0.05) is 24.3 Å². The van der Waals surface area contributed by atoms with Crippen molar-refractivity contribution in [2.24, 2.45) is 0 Å². The van der Waals surface area contributed by atoms with Crippen molar-refractivity contribution in [1.82, 2.24) is 9.55 Å². The van der Waals surface area contributed by atoms with Crippen LogP contribution >= 0.6 is 0 Å². The average molecular weight is 268 g/mol.